The molecule has 1 amide bonds. The lowest BCUT2D eigenvalue weighted by Gasteiger charge is -2.05. The molecule has 0 saturated carbocycles. The fourth-order valence-corrected chi connectivity index (χ4v) is 3.81. The minimum Gasteiger partial charge on any atom is -0.451 e. The molecule has 0 radical (unpaired) electrons. The van der Waals surface area contributed by atoms with Crippen molar-refractivity contribution in [3.8, 4) is 0 Å². The van der Waals surface area contributed by atoms with Gasteiger partial charge < -0.3 is 10.1 Å². The van der Waals surface area contributed by atoms with Gasteiger partial charge in [0.2, 0.25) is 0 Å². The third-order valence-corrected chi connectivity index (χ3v) is 5.29. The van der Waals surface area contributed by atoms with Gasteiger partial charge in [-0.3, -0.25) is 9.48 Å². The van der Waals surface area contributed by atoms with E-state index < -0.39 is 5.97 Å². The largest absolute Gasteiger partial charge is 0.451 e. The van der Waals surface area contributed by atoms with Gasteiger partial charge in [0.1, 0.15) is 9.71 Å². The molecule has 0 aliphatic carbocycles. The smallest absolute Gasteiger partial charge is 0.348 e. The van der Waals surface area contributed by atoms with Crippen molar-refractivity contribution in [2.75, 3.05) is 13.2 Å². The van der Waals surface area contributed by atoms with Gasteiger partial charge in [0.15, 0.2) is 6.61 Å². The van der Waals surface area contributed by atoms with Crippen LogP contribution >= 0.6 is 22.9 Å². The number of benzene rings is 1. The van der Waals surface area contributed by atoms with Crippen LogP contribution in [0.25, 0.3) is 10.2 Å². The van der Waals surface area contributed by atoms with E-state index in [9.17, 15) is 9.59 Å². The number of hydrogen-bond donors (Lipinski definition) is 1. The molecule has 26 heavy (non-hydrogen) atoms. The van der Waals surface area contributed by atoms with Crippen LogP contribution in [0.2, 0.25) is 5.02 Å². The van der Waals surface area contributed by atoms with Gasteiger partial charge in [-0.15, -0.1) is 11.3 Å². The molecule has 136 valence electrons. The van der Waals surface area contributed by atoms with Crippen molar-refractivity contribution >= 4 is 45.0 Å². The van der Waals surface area contributed by atoms with E-state index in [0.717, 1.165) is 21.5 Å². The summed E-state index contributed by atoms with van der Waals surface area (Å²) in [6.45, 7) is 4.42. The molecule has 1 aromatic carbocycles. The number of rotatable bonds is 6. The third-order valence-electron chi connectivity index (χ3n) is 3.79. The van der Waals surface area contributed by atoms with Crippen LogP contribution in [0, 0.1) is 6.92 Å². The van der Waals surface area contributed by atoms with Gasteiger partial charge in [0.25, 0.3) is 5.91 Å². The number of nitrogens with one attached hydrogen (secondary N) is 1. The van der Waals surface area contributed by atoms with Crippen molar-refractivity contribution in [3.63, 3.8) is 0 Å². The highest BCUT2D eigenvalue weighted by Gasteiger charge is 2.18. The first-order valence-corrected chi connectivity index (χ1v) is 9.33. The first kappa shape index (κ1) is 18.4. The number of thiophene rings is 1. The second kappa shape index (κ2) is 7.88. The summed E-state index contributed by atoms with van der Waals surface area (Å²) in [4.78, 5) is 25.0. The Morgan fingerprint density at radius 2 is 2.12 bits per heavy atom. The first-order valence-electron chi connectivity index (χ1n) is 8.13. The van der Waals surface area contributed by atoms with Gasteiger partial charge in [-0.25, -0.2) is 4.79 Å². The molecule has 1 N–H and O–H groups in total. The number of likely N-dealkylation sites (N-methyl/N-ethyl adjacent to an activating group) is 1. The van der Waals surface area contributed by atoms with Crippen LogP contribution < -0.4 is 5.32 Å². The van der Waals surface area contributed by atoms with E-state index in [-0.39, 0.29) is 12.5 Å². The van der Waals surface area contributed by atoms with Gasteiger partial charge in [0, 0.05) is 17.0 Å². The highest BCUT2D eigenvalue weighted by molar-refractivity contribution is 7.20. The summed E-state index contributed by atoms with van der Waals surface area (Å²) >= 11 is 7.53. The van der Waals surface area contributed by atoms with Crippen LogP contribution in [-0.4, -0.2) is 34.8 Å². The van der Waals surface area contributed by atoms with E-state index in [4.69, 9.17) is 16.3 Å². The topological polar surface area (TPSA) is 73.2 Å². The van der Waals surface area contributed by atoms with Crippen LogP contribution in [0.3, 0.4) is 0 Å². The molecular formula is C18H18ClN3O3S. The van der Waals surface area contributed by atoms with Crippen molar-refractivity contribution in [2.45, 2.75) is 20.4 Å². The van der Waals surface area contributed by atoms with Gasteiger partial charge >= 0.3 is 5.97 Å². The third kappa shape index (κ3) is 3.89. The normalized spacial score (nSPS) is 10.9. The van der Waals surface area contributed by atoms with E-state index in [1.54, 1.807) is 13.0 Å². The second-order valence-electron chi connectivity index (χ2n) is 5.69. The summed E-state index contributed by atoms with van der Waals surface area (Å²) in [5.74, 6) is -0.829. The second-order valence-corrected chi connectivity index (χ2v) is 7.13. The lowest BCUT2D eigenvalue weighted by atomic mass is 10.2. The summed E-state index contributed by atoms with van der Waals surface area (Å²) in [5, 5.41) is 8.69. The molecule has 3 rings (SSSR count). The summed E-state index contributed by atoms with van der Waals surface area (Å²) in [7, 11) is 0. The number of carbonyl (C=O) groups excluding carboxylic acids is 2. The van der Waals surface area contributed by atoms with Crippen LogP contribution in [0.1, 0.15) is 27.9 Å². The molecule has 2 aromatic heterocycles. The highest BCUT2D eigenvalue weighted by Crippen LogP contribution is 2.30. The summed E-state index contributed by atoms with van der Waals surface area (Å²) in [6, 6.07) is 9.34. The molecule has 8 heteroatoms. The number of aromatic nitrogens is 2. The molecule has 0 fully saturated rings. The monoisotopic (exact) mass is 391 g/mol. The molecule has 0 atom stereocenters. The Morgan fingerprint density at radius 1 is 1.35 bits per heavy atom. The number of carbonyl (C=O) groups is 2. The highest BCUT2D eigenvalue weighted by atomic mass is 35.5. The molecule has 0 unspecified atom stereocenters. The van der Waals surface area contributed by atoms with Crippen LogP contribution in [0.15, 0.2) is 30.3 Å². The number of esters is 1. The zero-order valence-corrected chi connectivity index (χ0v) is 16.0. The van der Waals surface area contributed by atoms with Gasteiger partial charge in [-0.2, -0.15) is 5.10 Å². The fraction of sp³-hybridized carbons (Fsp3) is 0.278. The Morgan fingerprint density at radius 3 is 2.85 bits per heavy atom. The minimum absolute atomic E-state index is 0.286. The fourth-order valence-electron chi connectivity index (χ4n) is 2.56. The molecule has 3 aromatic rings. The Hall–Kier alpha value is -2.38. The zero-order chi connectivity index (χ0) is 18.7. The van der Waals surface area contributed by atoms with Crippen molar-refractivity contribution in [3.05, 3.63) is 51.5 Å². The van der Waals surface area contributed by atoms with E-state index in [1.165, 1.54) is 11.3 Å². The standard InChI is InChI=1S/C18H18ClN3O3S/c1-3-20-16(23)10-25-18(24)15-8-13-11(2)21-22(17(13)26-15)9-12-6-4-5-7-14(12)19/h4-8H,3,9-10H2,1-2H3,(H,20,23). The van der Waals surface area contributed by atoms with Crippen LogP contribution in [0.4, 0.5) is 0 Å². The van der Waals surface area contributed by atoms with Crippen molar-refractivity contribution in [1.82, 2.24) is 15.1 Å². The number of nitrogens with zero attached hydrogens (tertiary/aromatic N) is 2. The summed E-state index contributed by atoms with van der Waals surface area (Å²) < 4.78 is 6.90. The Balaban J connectivity index is 1.82. The van der Waals surface area contributed by atoms with E-state index in [2.05, 4.69) is 10.4 Å². The van der Waals surface area contributed by atoms with Crippen LogP contribution in [0.5, 0.6) is 0 Å². The zero-order valence-electron chi connectivity index (χ0n) is 14.4. The van der Waals surface area contributed by atoms with Crippen molar-refractivity contribution in [1.29, 1.82) is 0 Å². The van der Waals surface area contributed by atoms with E-state index >= 15 is 0 Å². The molecule has 0 aliphatic rings. The lowest BCUT2D eigenvalue weighted by molar-refractivity contribution is -0.124. The predicted molar refractivity (Wildman–Crippen MR) is 102 cm³/mol. The van der Waals surface area contributed by atoms with Crippen LogP contribution in [-0.2, 0) is 16.1 Å². The van der Waals surface area contributed by atoms with E-state index in [1.807, 2.05) is 35.9 Å². The number of hydrogen-bond acceptors (Lipinski definition) is 5. The average molecular weight is 392 g/mol. The Labute approximate surface area is 159 Å². The summed E-state index contributed by atoms with van der Waals surface area (Å²) in [6.07, 6.45) is 0. The molecule has 2 heterocycles. The number of ether oxygens (including phenoxy) is 1. The molecule has 0 spiro atoms. The van der Waals surface area contributed by atoms with Gasteiger partial charge in [-0.1, -0.05) is 29.8 Å². The summed E-state index contributed by atoms with van der Waals surface area (Å²) in [5.41, 5.74) is 1.78. The molecule has 0 bridgehead atoms. The minimum atomic E-state index is -0.513. The maximum Gasteiger partial charge on any atom is 0.348 e. The molecule has 0 aliphatic heterocycles. The van der Waals surface area contributed by atoms with Gasteiger partial charge in [0.05, 0.1) is 12.2 Å². The lowest BCUT2D eigenvalue weighted by Crippen LogP contribution is -2.28. The van der Waals surface area contributed by atoms with E-state index in [0.29, 0.717) is 23.0 Å². The SMILES string of the molecule is CCNC(=O)COC(=O)c1cc2c(C)nn(Cc3ccccc3Cl)c2s1. The molecule has 0 saturated heterocycles. The number of halogens is 1. The van der Waals surface area contributed by atoms with Crippen molar-refractivity contribution in [2.24, 2.45) is 0 Å². The quantitative estimate of drug-likeness (QED) is 0.653. The first-order chi connectivity index (χ1) is 12.5. The molecule has 6 nitrogen and oxygen atoms in total. The maximum atomic E-state index is 12.2. The molecular weight excluding hydrogens is 374 g/mol. The number of aryl methyl sites for hydroxylation is 1. The Kier molecular flexibility index (Phi) is 5.58. The number of amides is 1. The average Bonchev–Trinajstić information content (AvgIpc) is 3.17. The predicted octanol–water partition coefficient (Wildman–Crippen LogP) is 3.40. The Bertz CT molecular complexity index is 964. The maximum absolute atomic E-state index is 12.2. The van der Waals surface area contributed by atoms with Crippen molar-refractivity contribution < 1.29 is 14.3 Å². The van der Waals surface area contributed by atoms with Gasteiger partial charge in [-0.05, 0) is 31.5 Å². The number of fused-ring (bicyclic) bond motifs is 1.